The maximum absolute atomic E-state index is 14.2. The normalized spacial score (nSPS) is 12.7. The fourth-order valence-electron chi connectivity index (χ4n) is 5.30. The van der Waals surface area contributed by atoms with Crippen molar-refractivity contribution in [1.82, 2.24) is 9.88 Å². The van der Waals surface area contributed by atoms with Crippen LogP contribution in [-0.2, 0) is 16.1 Å². The number of aliphatic hydroxyl groups is 2. The highest BCUT2D eigenvalue weighted by Gasteiger charge is 2.29. The Hall–Kier alpha value is -4.80. The maximum Gasteiger partial charge on any atom is 0.308 e. The minimum Gasteiger partial charge on any atom is -0.497 e. The third-order valence-corrected chi connectivity index (χ3v) is 7.45. The minimum atomic E-state index is -1.16. The first-order valence-corrected chi connectivity index (χ1v) is 14.8. The first-order valence-electron chi connectivity index (χ1n) is 14.8. The molecule has 3 N–H and O–H groups in total. The number of esters is 1. The van der Waals surface area contributed by atoms with E-state index in [0.29, 0.717) is 33.7 Å². The summed E-state index contributed by atoms with van der Waals surface area (Å²) in [7, 11) is 2.77. The average Bonchev–Trinajstić information content (AvgIpc) is 3.38. The van der Waals surface area contributed by atoms with Crippen LogP contribution in [0.4, 0.5) is 8.78 Å². The number of rotatable bonds is 13. The number of hydrogen-bond donors (Lipinski definition) is 3. The standard InChI is InChI=1S/C36H38F2N2O6/c1-22(2)40-31(17-16-28(41)19-29(42)20-32(43)46-4)33(24-8-12-26(37)13-9-24)34(25-10-14-27(38)15-11-25)35(40)36(44)39-21-23-6-5-7-30(18-23)45-3/h5-18,22,28-29,41-42H,19-21H2,1-4H3,(H,39,44)/t28-,29+/m0/s1. The number of ether oxygens (including phenoxy) is 2. The molecule has 0 fully saturated rings. The number of amides is 1. The van der Waals surface area contributed by atoms with Gasteiger partial charge < -0.3 is 29.6 Å². The quantitative estimate of drug-likeness (QED) is 0.149. The van der Waals surface area contributed by atoms with Crippen LogP contribution in [0.3, 0.4) is 0 Å². The van der Waals surface area contributed by atoms with Gasteiger partial charge in [-0.15, -0.1) is 0 Å². The fourth-order valence-corrected chi connectivity index (χ4v) is 5.30. The molecule has 1 amide bonds. The molecule has 1 aromatic heterocycles. The van der Waals surface area contributed by atoms with E-state index in [1.54, 1.807) is 43.5 Å². The summed E-state index contributed by atoms with van der Waals surface area (Å²) in [6.07, 6.45) is 0.382. The van der Waals surface area contributed by atoms with Crippen molar-refractivity contribution < 1.29 is 38.1 Å². The lowest BCUT2D eigenvalue weighted by Gasteiger charge is -2.17. The number of carbonyl (C=O) groups is 2. The Labute approximate surface area is 266 Å². The van der Waals surface area contributed by atoms with E-state index in [2.05, 4.69) is 10.1 Å². The Kier molecular flexibility index (Phi) is 11.5. The molecule has 3 aromatic carbocycles. The molecule has 1 heterocycles. The van der Waals surface area contributed by atoms with Gasteiger partial charge in [-0.3, -0.25) is 9.59 Å². The summed E-state index contributed by atoms with van der Waals surface area (Å²) in [5, 5.41) is 24.1. The number of benzene rings is 3. The topological polar surface area (TPSA) is 110 Å². The molecule has 8 nitrogen and oxygen atoms in total. The number of methoxy groups -OCH3 is 2. The Balaban J connectivity index is 1.89. The highest BCUT2D eigenvalue weighted by Crippen LogP contribution is 2.42. The van der Waals surface area contributed by atoms with Crippen molar-refractivity contribution in [2.24, 2.45) is 0 Å². The molecule has 0 bridgehead atoms. The number of aromatic nitrogens is 1. The summed E-state index contributed by atoms with van der Waals surface area (Å²) < 4.78 is 39.9. The van der Waals surface area contributed by atoms with Crippen LogP contribution in [-0.4, -0.2) is 53.1 Å². The van der Waals surface area contributed by atoms with Crippen LogP contribution in [0.2, 0.25) is 0 Å². The number of halogens is 2. The van der Waals surface area contributed by atoms with E-state index in [9.17, 15) is 28.6 Å². The molecule has 0 aliphatic heterocycles. The zero-order valence-corrected chi connectivity index (χ0v) is 26.2. The smallest absolute Gasteiger partial charge is 0.308 e. The lowest BCUT2D eigenvalue weighted by molar-refractivity contribution is -0.143. The fraction of sp³-hybridized carbons (Fsp3) is 0.278. The van der Waals surface area contributed by atoms with Crippen LogP contribution in [0, 0.1) is 11.6 Å². The number of carbonyl (C=O) groups excluding carboxylic acids is 2. The molecule has 46 heavy (non-hydrogen) atoms. The number of hydrogen-bond acceptors (Lipinski definition) is 6. The van der Waals surface area contributed by atoms with Gasteiger partial charge in [0.2, 0.25) is 0 Å². The van der Waals surface area contributed by atoms with Gasteiger partial charge in [-0.05, 0) is 73.0 Å². The van der Waals surface area contributed by atoms with E-state index in [1.807, 2.05) is 36.6 Å². The molecule has 4 aromatic rings. The first kappa shape index (κ1) is 34.1. The molecular weight excluding hydrogens is 594 g/mol. The van der Waals surface area contributed by atoms with Gasteiger partial charge in [0.15, 0.2) is 0 Å². The second-order valence-electron chi connectivity index (χ2n) is 11.1. The van der Waals surface area contributed by atoms with Crippen LogP contribution in [0.25, 0.3) is 28.3 Å². The summed E-state index contributed by atoms with van der Waals surface area (Å²) in [5.74, 6) is -1.27. The van der Waals surface area contributed by atoms with Crippen LogP contribution < -0.4 is 10.1 Å². The second-order valence-corrected chi connectivity index (χ2v) is 11.1. The molecule has 0 radical (unpaired) electrons. The van der Waals surface area contributed by atoms with Crippen molar-refractivity contribution in [3.05, 3.63) is 107 Å². The van der Waals surface area contributed by atoms with E-state index in [4.69, 9.17) is 4.74 Å². The van der Waals surface area contributed by atoms with E-state index < -0.39 is 35.7 Å². The van der Waals surface area contributed by atoms with Gasteiger partial charge in [0, 0.05) is 35.8 Å². The summed E-state index contributed by atoms with van der Waals surface area (Å²) in [6, 6.07) is 18.6. The van der Waals surface area contributed by atoms with Gasteiger partial charge in [0.25, 0.3) is 5.91 Å². The molecule has 0 aliphatic carbocycles. The van der Waals surface area contributed by atoms with Gasteiger partial charge >= 0.3 is 5.97 Å². The molecule has 0 saturated heterocycles. The summed E-state index contributed by atoms with van der Waals surface area (Å²) in [4.78, 5) is 25.8. The monoisotopic (exact) mass is 632 g/mol. The van der Waals surface area contributed by atoms with Crippen LogP contribution >= 0.6 is 0 Å². The van der Waals surface area contributed by atoms with Gasteiger partial charge in [-0.2, -0.15) is 0 Å². The van der Waals surface area contributed by atoms with Gasteiger partial charge in [0.05, 0.1) is 32.8 Å². The highest BCUT2D eigenvalue weighted by atomic mass is 19.1. The van der Waals surface area contributed by atoms with Crippen molar-refractivity contribution >= 4 is 18.0 Å². The first-order chi connectivity index (χ1) is 22.0. The Morgan fingerprint density at radius 3 is 2.09 bits per heavy atom. The van der Waals surface area contributed by atoms with Gasteiger partial charge in [-0.1, -0.05) is 42.5 Å². The van der Waals surface area contributed by atoms with Crippen LogP contribution in [0.1, 0.15) is 54.5 Å². The maximum atomic E-state index is 14.2. The summed E-state index contributed by atoms with van der Waals surface area (Å²) in [6.45, 7) is 3.99. The summed E-state index contributed by atoms with van der Waals surface area (Å²) in [5.41, 5.74) is 3.80. The molecule has 242 valence electrons. The SMILES string of the molecule is COC(=O)C[C@H](O)C[C@@H](O)C=Cc1c(-c2ccc(F)cc2)c(-c2ccc(F)cc2)c(C(=O)NCc2cccc(OC)c2)n1C(C)C. The number of nitrogens with zero attached hydrogens (tertiary/aromatic N) is 1. The van der Waals surface area contributed by atoms with Crippen molar-refractivity contribution in [1.29, 1.82) is 0 Å². The molecule has 0 unspecified atom stereocenters. The molecule has 0 saturated carbocycles. The van der Waals surface area contributed by atoms with E-state index in [-0.39, 0.29) is 31.1 Å². The van der Waals surface area contributed by atoms with Crippen LogP contribution in [0.5, 0.6) is 5.75 Å². The predicted molar refractivity (Wildman–Crippen MR) is 172 cm³/mol. The van der Waals surface area contributed by atoms with Crippen molar-refractivity contribution in [2.45, 2.75) is 51.5 Å². The Morgan fingerprint density at radius 1 is 0.913 bits per heavy atom. The molecule has 0 aliphatic rings. The Bertz CT molecular complexity index is 1680. The van der Waals surface area contributed by atoms with E-state index >= 15 is 0 Å². The molecule has 4 rings (SSSR count). The third-order valence-electron chi connectivity index (χ3n) is 7.45. The zero-order valence-electron chi connectivity index (χ0n) is 26.2. The molecule has 2 atom stereocenters. The van der Waals surface area contributed by atoms with Crippen molar-refractivity contribution in [3.8, 4) is 28.0 Å². The predicted octanol–water partition coefficient (Wildman–Crippen LogP) is 6.31. The largest absolute Gasteiger partial charge is 0.497 e. The number of nitrogens with one attached hydrogen (secondary N) is 1. The second kappa shape index (κ2) is 15.5. The van der Waals surface area contributed by atoms with Gasteiger partial charge in [0.1, 0.15) is 23.1 Å². The minimum absolute atomic E-state index is 0.140. The lowest BCUT2D eigenvalue weighted by atomic mass is 9.94. The summed E-state index contributed by atoms with van der Waals surface area (Å²) >= 11 is 0. The molecular formula is C36H38F2N2O6. The van der Waals surface area contributed by atoms with Crippen molar-refractivity contribution in [2.75, 3.05) is 14.2 Å². The lowest BCUT2D eigenvalue weighted by Crippen LogP contribution is -2.27. The highest BCUT2D eigenvalue weighted by molar-refractivity contribution is 6.06. The van der Waals surface area contributed by atoms with Crippen molar-refractivity contribution in [3.63, 3.8) is 0 Å². The number of aliphatic hydroxyl groups excluding tert-OH is 2. The van der Waals surface area contributed by atoms with E-state index in [1.165, 1.54) is 37.5 Å². The van der Waals surface area contributed by atoms with Gasteiger partial charge in [-0.25, -0.2) is 8.78 Å². The zero-order chi connectivity index (χ0) is 33.4. The third kappa shape index (κ3) is 8.26. The van der Waals surface area contributed by atoms with Crippen LogP contribution in [0.15, 0.2) is 78.9 Å². The van der Waals surface area contributed by atoms with E-state index in [0.717, 1.165) is 5.56 Å². The Morgan fingerprint density at radius 2 is 1.52 bits per heavy atom. The average molecular weight is 633 g/mol. The molecule has 0 spiro atoms. The molecule has 10 heteroatoms.